The minimum atomic E-state index is -0.0108. The van der Waals surface area contributed by atoms with Crippen LogP contribution in [-0.4, -0.2) is 5.91 Å². The Morgan fingerprint density at radius 3 is 2.22 bits per heavy atom. The molecule has 0 aliphatic heterocycles. The lowest BCUT2D eigenvalue weighted by molar-refractivity contribution is 0.0951. The molecule has 2 aromatic rings. The maximum absolute atomic E-state index is 12.2. The standard InChI is InChI=1S/C21H27NO/c1-2-3-4-5-7-10-18-13-15-20(16-14-18)21(23)22-17-19-11-8-6-9-12-19/h6,8-9,11-16H,2-5,7,10,17H2,1H3,(H,22,23). The summed E-state index contributed by atoms with van der Waals surface area (Å²) in [6, 6.07) is 18.0. The lowest BCUT2D eigenvalue weighted by Crippen LogP contribution is -2.22. The van der Waals surface area contributed by atoms with Crippen LogP contribution in [0.3, 0.4) is 0 Å². The van der Waals surface area contributed by atoms with E-state index < -0.39 is 0 Å². The molecule has 122 valence electrons. The molecular formula is C21H27NO. The molecule has 0 aliphatic carbocycles. The van der Waals surface area contributed by atoms with Gasteiger partial charge in [0, 0.05) is 12.1 Å². The van der Waals surface area contributed by atoms with Crippen LogP contribution in [0.25, 0.3) is 0 Å². The van der Waals surface area contributed by atoms with E-state index in [-0.39, 0.29) is 5.91 Å². The number of carbonyl (C=O) groups excluding carboxylic acids is 1. The second-order valence-electron chi connectivity index (χ2n) is 6.03. The van der Waals surface area contributed by atoms with Crippen LogP contribution < -0.4 is 5.32 Å². The molecule has 2 nitrogen and oxygen atoms in total. The van der Waals surface area contributed by atoms with E-state index in [0.29, 0.717) is 6.54 Å². The summed E-state index contributed by atoms with van der Waals surface area (Å²) in [6.45, 7) is 2.81. The third-order valence-electron chi connectivity index (χ3n) is 4.08. The summed E-state index contributed by atoms with van der Waals surface area (Å²) in [5, 5.41) is 2.96. The van der Waals surface area contributed by atoms with Crippen molar-refractivity contribution in [2.45, 2.75) is 52.0 Å². The van der Waals surface area contributed by atoms with Crippen molar-refractivity contribution in [3.05, 3.63) is 71.3 Å². The molecule has 1 amide bonds. The van der Waals surface area contributed by atoms with Crippen LogP contribution in [0.5, 0.6) is 0 Å². The van der Waals surface area contributed by atoms with Gasteiger partial charge in [0.2, 0.25) is 0 Å². The van der Waals surface area contributed by atoms with Crippen LogP contribution in [-0.2, 0) is 13.0 Å². The van der Waals surface area contributed by atoms with E-state index in [2.05, 4.69) is 24.4 Å². The quantitative estimate of drug-likeness (QED) is 0.639. The molecule has 0 fully saturated rings. The number of benzene rings is 2. The zero-order valence-electron chi connectivity index (χ0n) is 14.1. The monoisotopic (exact) mass is 309 g/mol. The fourth-order valence-electron chi connectivity index (χ4n) is 2.64. The zero-order chi connectivity index (χ0) is 16.3. The van der Waals surface area contributed by atoms with Crippen LogP contribution in [0.4, 0.5) is 0 Å². The first-order chi connectivity index (χ1) is 11.3. The van der Waals surface area contributed by atoms with Gasteiger partial charge < -0.3 is 5.32 Å². The summed E-state index contributed by atoms with van der Waals surface area (Å²) in [4.78, 5) is 12.2. The van der Waals surface area contributed by atoms with Gasteiger partial charge in [-0.2, -0.15) is 0 Å². The number of unbranched alkanes of at least 4 members (excludes halogenated alkanes) is 4. The highest BCUT2D eigenvalue weighted by Gasteiger charge is 2.05. The fourth-order valence-corrected chi connectivity index (χ4v) is 2.64. The lowest BCUT2D eigenvalue weighted by Gasteiger charge is -2.07. The van der Waals surface area contributed by atoms with Crippen LogP contribution in [0.2, 0.25) is 0 Å². The van der Waals surface area contributed by atoms with Crippen molar-refractivity contribution in [2.75, 3.05) is 0 Å². The Balaban J connectivity index is 1.76. The predicted molar refractivity (Wildman–Crippen MR) is 96.5 cm³/mol. The van der Waals surface area contributed by atoms with Crippen LogP contribution in [0.1, 0.15) is 60.5 Å². The Morgan fingerprint density at radius 2 is 1.52 bits per heavy atom. The van der Waals surface area contributed by atoms with Crippen molar-refractivity contribution in [1.82, 2.24) is 5.32 Å². The summed E-state index contributed by atoms with van der Waals surface area (Å²) >= 11 is 0. The van der Waals surface area contributed by atoms with Crippen molar-refractivity contribution >= 4 is 5.91 Å². The number of aryl methyl sites for hydroxylation is 1. The van der Waals surface area contributed by atoms with Gasteiger partial charge in [0.05, 0.1) is 0 Å². The molecule has 0 saturated carbocycles. The fraction of sp³-hybridized carbons (Fsp3) is 0.381. The average Bonchev–Trinajstić information content (AvgIpc) is 2.61. The number of amides is 1. The topological polar surface area (TPSA) is 29.1 Å². The molecule has 2 heteroatoms. The zero-order valence-corrected chi connectivity index (χ0v) is 14.1. The maximum atomic E-state index is 12.2. The molecule has 0 unspecified atom stereocenters. The van der Waals surface area contributed by atoms with Crippen LogP contribution in [0, 0.1) is 0 Å². The smallest absolute Gasteiger partial charge is 0.251 e. The van der Waals surface area contributed by atoms with E-state index >= 15 is 0 Å². The second kappa shape index (κ2) is 9.83. The Hall–Kier alpha value is -2.09. The highest BCUT2D eigenvalue weighted by Crippen LogP contribution is 2.11. The largest absolute Gasteiger partial charge is 0.348 e. The Morgan fingerprint density at radius 1 is 0.826 bits per heavy atom. The first-order valence-electron chi connectivity index (χ1n) is 8.70. The minimum absolute atomic E-state index is 0.0108. The molecule has 0 saturated heterocycles. The lowest BCUT2D eigenvalue weighted by atomic mass is 10.0. The van der Waals surface area contributed by atoms with Gasteiger partial charge in [0.25, 0.3) is 5.91 Å². The minimum Gasteiger partial charge on any atom is -0.348 e. The third-order valence-corrected chi connectivity index (χ3v) is 4.08. The molecule has 0 spiro atoms. The summed E-state index contributed by atoms with van der Waals surface area (Å²) in [6.07, 6.45) is 7.59. The number of carbonyl (C=O) groups is 1. The van der Waals surface area contributed by atoms with Crippen molar-refractivity contribution in [2.24, 2.45) is 0 Å². The molecular weight excluding hydrogens is 282 g/mol. The summed E-state index contributed by atoms with van der Waals surface area (Å²) in [5.41, 5.74) is 3.17. The van der Waals surface area contributed by atoms with Crippen LogP contribution in [0.15, 0.2) is 54.6 Å². The highest BCUT2D eigenvalue weighted by molar-refractivity contribution is 5.94. The van der Waals surface area contributed by atoms with Gasteiger partial charge in [-0.3, -0.25) is 4.79 Å². The second-order valence-corrected chi connectivity index (χ2v) is 6.03. The van der Waals surface area contributed by atoms with E-state index in [1.54, 1.807) is 0 Å². The van der Waals surface area contributed by atoms with Gasteiger partial charge in [-0.15, -0.1) is 0 Å². The van der Waals surface area contributed by atoms with Crippen molar-refractivity contribution in [3.63, 3.8) is 0 Å². The molecule has 0 heterocycles. The normalized spacial score (nSPS) is 10.5. The number of hydrogen-bond donors (Lipinski definition) is 1. The molecule has 0 aliphatic rings. The van der Waals surface area contributed by atoms with Gasteiger partial charge in [-0.05, 0) is 36.1 Å². The van der Waals surface area contributed by atoms with E-state index in [9.17, 15) is 4.79 Å². The van der Waals surface area contributed by atoms with Crippen molar-refractivity contribution in [1.29, 1.82) is 0 Å². The SMILES string of the molecule is CCCCCCCc1ccc(C(=O)NCc2ccccc2)cc1. The highest BCUT2D eigenvalue weighted by atomic mass is 16.1. The molecule has 23 heavy (non-hydrogen) atoms. The Labute approximate surface area is 139 Å². The summed E-state index contributed by atoms with van der Waals surface area (Å²) < 4.78 is 0. The molecule has 1 N–H and O–H groups in total. The molecule has 0 aromatic heterocycles. The third kappa shape index (κ3) is 6.27. The molecule has 0 bridgehead atoms. The van der Waals surface area contributed by atoms with Crippen molar-refractivity contribution < 1.29 is 4.79 Å². The first kappa shape index (κ1) is 17.3. The van der Waals surface area contributed by atoms with Gasteiger partial charge in [-0.25, -0.2) is 0 Å². The summed E-state index contributed by atoms with van der Waals surface area (Å²) in [7, 11) is 0. The molecule has 2 rings (SSSR count). The van der Waals surface area contributed by atoms with Crippen molar-refractivity contribution in [3.8, 4) is 0 Å². The van der Waals surface area contributed by atoms with Gasteiger partial charge >= 0.3 is 0 Å². The van der Waals surface area contributed by atoms with Crippen LogP contribution >= 0.6 is 0 Å². The number of rotatable bonds is 9. The Bertz CT molecular complexity index is 575. The van der Waals surface area contributed by atoms with Gasteiger partial charge in [0.15, 0.2) is 0 Å². The molecule has 0 radical (unpaired) electrons. The number of hydrogen-bond acceptors (Lipinski definition) is 1. The van der Waals surface area contributed by atoms with E-state index in [1.807, 2.05) is 42.5 Å². The first-order valence-corrected chi connectivity index (χ1v) is 8.70. The van der Waals surface area contributed by atoms with E-state index in [1.165, 1.54) is 37.7 Å². The van der Waals surface area contributed by atoms with E-state index in [4.69, 9.17) is 0 Å². The summed E-state index contributed by atoms with van der Waals surface area (Å²) in [5.74, 6) is -0.0108. The van der Waals surface area contributed by atoms with E-state index in [0.717, 1.165) is 17.5 Å². The predicted octanol–water partition coefficient (Wildman–Crippen LogP) is 5.13. The number of nitrogens with one attached hydrogen (secondary N) is 1. The Kier molecular flexibility index (Phi) is 7.38. The average molecular weight is 309 g/mol. The molecule has 2 aromatic carbocycles. The van der Waals surface area contributed by atoms with Gasteiger partial charge in [0.1, 0.15) is 0 Å². The maximum Gasteiger partial charge on any atom is 0.251 e. The van der Waals surface area contributed by atoms with Gasteiger partial charge in [-0.1, -0.05) is 75.1 Å². The molecule has 0 atom stereocenters.